The lowest BCUT2D eigenvalue weighted by Gasteiger charge is -2.29. The largest absolute Gasteiger partial charge is 0.460 e. The summed E-state index contributed by atoms with van der Waals surface area (Å²) in [5.41, 5.74) is 1.86. The molecular weight excluding hydrogens is 376 g/mol. The fraction of sp³-hybridized carbons (Fsp3) is 0.300. The number of aromatic nitrogens is 3. The van der Waals surface area contributed by atoms with Crippen LogP contribution in [0, 0.1) is 0 Å². The quantitative estimate of drug-likeness (QED) is 0.334. The summed E-state index contributed by atoms with van der Waals surface area (Å²) in [5.74, 6) is 0.00364. The van der Waals surface area contributed by atoms with Crippen LogP contribution in [-0.2, 0) is 9.53 Å². The van der Waals surface area contributed by atoms with Gasteiger partial charge in [0.25, 0.3) is 5.56 Å². The fourth-order valence-corrected chi connectivity index (χ4v) is 3.67. The summed E-state index contributed by atoms with van der Waals surface area (Å²) in [6, 6.07) is 3.57. The van der Waals surface area contributed by atoms with E-state index in [1.165, 1.54) is 11.8 Å². The standard InChI is InChI=1S/C20H22N4O3S/c1-5-10-28-20-23-17-16(18(25)24-20)15(13-6-8-21-9-7-13)14(12(4)22-17)19(26)27-11(2)3/h5-9,11,15H,1,10H2,2-4H3,(H2,22,23,24,25). The van der Waals surface area contributed by atoms with Gasteiger partial charge in [-0.1, -0.05) is 17.8 Å². The number of hydrogen-bond donors (Lipinski definition) is 2. The second kappa shape index (κ2) is 8.43. The van der Waals surface area contributed by atoms with Gasteiger partial charge in [0.1, 0.15) is 5.82 Å². The van der Waals surface area contributed by atoms with Gasteiger partial charge in [0, 0.05) is 23.8 Å². The SMILES string of the molecule is C=CCSc1nc2c(c(=O)[nH]1)C(c1ccncc1)C(C(=O)OC(C)C)=C(C)N2. The first-order valence-electron chi connectivity index (χ1n) is 8.89. The van der Waals surface area contributed by atoms with Gasteiger partial charge in [0.2, 0.25) is 0 Å². The van der Waals surface area contributed by atoms with E-state index in [9.17, 15) is 9.59 Å². The normalized spacial score (nSPS) is 15.8. The number of aromatic amines is 1. The monoisotopic (exact) mass is 398 g/mol. The number of pyridine rings is 1. The molecule has 0 saturated carbocycles. The van der Waals surface area contributed by atoms with Crippen molar-refractivity contribution in [2.45, 2.75) is 37.9 Å². The first-order chi connectivity index (χ1) is 13.4. The summed E-state index contributed by atoms with van der Waals surface area (Å²) in [6.07, 6.45) is 4.73. The van der Waals surface area contributed by atoms with Gasteiger partial charge < -0.3 is 15.0 Å². The number of hydrogen-bond acceptors (Lipinski definition) is 7. The number of fused-ring (bicyclic) bond motifs is 1. The number of nitrogens with one attached hydrogen (secondary N) is 2. The molecule has 1 aliphatic heterocycles. The van der Waals surface area contributed by atoms with E-state index >= 15 is 0 Å². The van der Waals surface area contributed by atoms with Crippen molar-refractivity contribution in [2.24, 2.45) is 0 Å². The average molecular weight is 398 g/mol. The molecule has 0 fully saturated rings. The maximum Gasteiger partial charge on any atom is 0.337 e. The van der Waals surface area contributed by atoms with Crippen LogP contribution in [0.15, 0.2) is 58.4 Å². The molecule has 146 valence electrons. The predicted octanol–water partition coefficient (Wildman–Crippen LogP) is 3.23. The van der Waals surface area contributed by atoms with Gasteiger partial charge in [0.05, 0.1) is 23.2 Å². The summed E-state index contributed by atoms with van der Waals surface area (Å²) in [4.78, 5) is 37.2. The second-order valence-electron chi connectivity index (χ2n) is 6.56. The Labute approximate surface area is 167 Å². The molecule has 3 heterocycles. The zero-order valence-corrected chi connectivity index (χ0v) is 16.8. The predicted molar refractivity (Wildman–Crippen MR) is 109 cm³/mol. The fourth-order valence-electron chi connectivity index (χ4n) is 3.07. The van der Waals surface area contributed by atoms with Crippen LogP contribution in [0.5, 0.6) is 0 Å². The third-order valence-electron chi connectivity index (χ3n) is 4.16. The Morgan fingerprint density at radius 2 is 2.11 bits per heavy atom. The van der Waals surface area contributed by atoms with Gasteiger partial charge in [-0.25, -0.2) is 9.78 Å². The van der Waals surface area contributed by atoms with E-state index in [1.807, 2.05) is 0 Å². The molecule has 28 heavy (non-hydrogen) atoms. The molecule has 0 amide bonds. The van der Waals surface area contributed by atoms with Gasteiger partial charge in [-0.3, -0.25) is 9.78 Å². The second-order valence-corrected chi connectivity index (χ2v) is 7.57. The van der Waals surface area contributed by atoms with Crippen LogP contribution < -0.4 is 10.9 Å². The van der Waals surface area contributed by atoms with Crippen molar-refractivity contribution in [2.75, 3.05) is 11.1 Å². The molecule has 3 rings (SSSR count). The molecule has 8 heteroatoms. The number of ether oxygens (including phenoxy) is 1. The average Bonchev–Trinajstić information content (AvgIpc) is 2.65. The van der Waals surface area contributed by atoms with E-state index in [4.69, 9.17) is 4.74 Å². The van der Waals surface area contributed by atoms with Gasteiger partial charge in [-0.05, 0) is 38.5 Å². The number of esters is 1. The van der Waals surface area contributed by atoms with Gasteiger partial charge in [-0.2, -0.15) is 0 Å². The molecule has 2 aromatic rings. The number of carbonyl (C=O) groups is 1. The van der Waals surface area contributed by atoms with Crippen molar-refractivity contribution in [3.63, 3.8) is 0 Å². The van der Waals surface area contributed by atoms with Crippen LogP contribution in [0.1, 0.15) is 37.8 Å². The lowest BCUT2D eigenvalue weighted by atomic mass is 9.83. The highest BCUT2D eigenvalue weighted by Crippen LogP contribution is 2.39. The third-order valence-corrected chi connectivity index (χ3v) is 5.03. The number of nitrogens with zero attached hydrogens (tertiary/aromatic N) is 2. The zero-order chi connectivity index (χ0) is 20.3. The van der Waals surface area contributed by atoms with E-state index in [-0.39, 0.29) is 11.7 Å². The lowest BCUT2D eigenvalue weighted by molar-refractivity contribution is -0.143. The summed E-state index contributed by atoms with van der Waals surface area (Å²) >= 11 is 1.38. The number of H-pyrrole nitrogens is 1. The Kier molecular flexibility index (Phi) is 5.99. The molecule has 2 aromatic heterocycles. The number of carbonyl (C=O) groups excluding carboxylic acids is 1. The van der Waals surface area contributed by atoms with Gasteiger partial charge >= 0.3 is 5.97 Å². The summed E-state index contributed by atoms with van der Waals surface area (Å²) in [5, 5.41) is 3.61. The third kappa shape index (κ3) is 4.01. The molecule has 1 unspecified atom stereocenters. The maximum atomic E-state index is 13.0. The number of anilines is 1. The topological polar surface area (TPSA) is 97.0 Å². The van der Waals surface area contributed by atoms with Crippen molar-refractivity contribution in [1.82, 2.24) is 15.0 Å². The Bertz CT molecular complexity index is 983. The molecule has 1 aliphatic rings. The Balaban J connectivity index is 2.17. The van der Waals surface area contributed by atoms with Crippen molar-refractivity contribution in [1.29, 1.82) is 0 Å². The van der Waals surface area contributed by atoms with Gasteiger partial charge in [-0.15, -0.1) is 6.58 Å². The molecule has 0 bridgehead atoms. The molecule has 0 aliphatic carbocycles. The Morgan fingerprint density at radius 1 is 1.39 bits per heavy atom. The van der Waals surface area contributed by atoms with Crippen molar-refractivity contribution >= 4 is 23.5 Å². The van der Waals surface area contributed by atoms with E-state index in [2.05, 4.69) is 26.8 Å². The lowest BCUT2D eigenvalue weighted by Crippen LogP contribution is -2.31. The first-order valence-corrected chi connectivity index (χ1v) is 9.87. The van der Waals surface area contributed by atoms with Crippen LogP contribution in [0.3, 0.4) is 0 Å². The maximum absolute atomic E-state index is 13.0. The smallest absolute Gasteiger partial charge is 0.337 e. The van der Waals surface area contributed by atoms with Crippen LogP contribution >= 0.6 is 11.8 Å². The van der Waals surface area contributed by atoms with Crippen molar-refractivity contribution < 1.29 is 9.53 Å². The summed E-state index contributed by atoms with van der Waals surface area (Å²) in [7, 11) is 0. The first kappa shape index (κ1) is 19.9. The van der Waals surface area contributed by atoms with E-state index < -0.39 is 11.9 Å². The molecular formula is C20H22N4O3S. The minimum absolute atomic E-state index is 0.277. The van der Waals surface area contributed by atoms with Crippen LogP contribution in [-0.4, -0.2) is 32.8 Å². The Morgan fingerprint density at radius 3 is 2.75 bits per heavy atom. The molecule has 7 nitrogen and oxygen atoms in total. The molecule has 0 aromatic carbocycles. The molecule has 0 radical (unpaired) electrons. The highest BCUT2D eigenvalue weighted by Gasteiger charge is 2.36. The van der Waals surface area contributed by atoms with E-state index in [1.54, 1.807) is 51.4 Å². The highest BCUT2D eigenvalue weighted by molar-refractivity contribution is 7.99. The molecule has 2 N–H and O–H groups in total. The number of thioether (sulfide) groups is 1. The van der Waals surface area contributed by atoms with E-state index in [0.717, 1.165) is 5.56 Å². The van der Waals surface area contributed by atoms with Crippen LogP contribution in [0.2, 0.25) is 0 Å². The van der Waals surface area contributed by atoms with Gasteiger partial charge in [0.15, 0.2) is 5.16 Å². The summed E-state index contributed by atoms with van der Waals surface area (Å²) in [6.45, 7) is 9.04. The molecule has 0 saturated heterocycles. The van der Waals surface area contributed by atoms with E-state index in [0.29, 0.717) is 33.6 Å². The minimum atomic E-state index is -0.597. The molecule has 1 atom stereocenters. The highest BCUT2D eigenvalue weighted by atomic mass is 32.2. The molecule has 0 spiro atoms. The van der Waals surface area contributed by atoms with Crippen LogP contribution in [0.4, 0.5) is 5.82 Å². The summed E-state index contributed by atoms with van der Waals surface area (Å²) < 4.78 is 5.44. The number of allylic oxidation sites excluding steroid dienone is 1. The van der Waals surface area contributed by atoms with Crippen LogP contribution in [0.25, 0.3) is 0 Å². The minimum Gasteiger partial charge on any atom is -0.460 e. The van der Waals surface area contributed by atoms with Crippen molar-refractivity contribution in [3.05, 3.63) is 69.9 Å². The Hall–Kier alpha value is -2.87. The zero-order valence-electron chi connectivity index (χ0n) is 16.0. The number of rotatable bonds is 6. The van der Waals surface area contributed by atoms with Crippen molar-refractivity contribution in [3.8, 4) is 0 Å².